The summed E-state index contributed by atoms with van der Waals surface area (Å²) < 4.78 is 1.06. The Balaban J connectivity index is 1.96. The Morgan fingerprint density at radius 3 is 2.68 bits per heavy atom. The molecule has 0 spiro atoms. The zero-order chi connectivity index (χ0) is 13.2. The van der Waals surface area contributed by atoms with E-state index in [2.05, 4.69) is 5.32 Å². The highest BCUT2D eigenvalue weighted by Gasteiger charge is 2.12. The lowest BCUT2D eigenvalue weighted by Gasteiger charge is -2.04. The largest absolute Gasteiger partial charge is 0.322 e. The number of anilines is 1. The van der Waals surface area contributed by atoms with Crippen LogP contribution in [0.2, 0.25) is 5.02 Å². The van der Waals surface area contributed by atoms with E-state index >= 15 is 0 Å². The van der Waals surface area contributed by atoms with Crippen LogP contribution in [0.15, 0.2) is 53.9 Å². The normalized spacial score (nSPS) is 10.6. The number of halogens is 1. The van der Waals surface area contributed by atoms with E-state index in [0.717, 1.165) is 15.8 Å². The average Bonchev–Trinajstić information content (AvgIpc) is 2.82. The minimum Gasteiger partial charge on any atom is -0.322 e. The SMILES string of the molecule is O=C(Nc1ccccc1)c1csc2ccc(Cl)cc12. The first-order valence-electron chi connectivity index (χ1n) is 5.77. The average molecular weight is 288 g/mol. The quantitative estimate of drug-likeness (QED) is 0.720. The van der Waals surface area contributed by atoms with Crippen molar-refractivity contribution in [2.24, 2.45) is 0 Å². The molecule has 0 fully saturated rings. The molecule has 3 aromatic rings. The van der Waals surface area contributed by atoms with Crippen LogP contribution in [0.3, 0.4) is 0 Å². The second-order valence-electron chi connectivity index (χ2n) is 4.11. The fourth-order valence-electron chi connectivity index (χ4n) is 1.90. The number of hydrogen-bond donors (Lipinski definition) is 1. The zero-order valence-corrected chi connectivity index (χ0v) is 11.5. The third kappa shape index (κ3) is 2.48. The summed E-state index contributed by atoms with van der Waals surface area (Å²) in [6.07, 6.45) is 0. The van der Waals surface area contributed by atoms with E-state index in [1.54, 1.807) is 11.3 Å². The number of hydrogen-bond acceptors (Lipinski definition) is 2. The van der Waals surface area contributed by atoms with Crippen molar-refractivity contribution in [3.63, 3.8) is 0 Å². The van der Waals surface area contributed by atoms with Gasteiger partial charge >= 0.3 is 0 Å². The van der Waals surface area contributed by atoms with Crippen LogP contribution in [0.1, 0.15) is 10.4 Å². The van der Waals surface area contributed by atoms with E-state index < -0.39 is 0 Å². The monoisotopic (exact) mass is 287 g/mol. The Morgan fingerprint density at radius 2 is 1.89 bits per heavy atom. The van der Waals surface area contributed by atoms with Gasteiger partial charge in [-0.3, -0.25) is 4.79 Å². The Labute approximate surface area is 119 Å². The van der Waals surface area contributed by atoms with Crippen molar-refractivity contribution in [3.8, 4) is 0 Å². The molecule has 1 heterocycles. The molecular weight excluding hydrogens is 278 g/mol. The van der Waals surface area contributed by atoms with Crippen LogP contribution >= 0.6 is 22.9 Å². The Morgan fingerprint density at radius 1 is 1.11 bits per heavy atom. The number of nitrogens with one attached hydrogen (secondary N) is 1. The van der Waals surface area contributed by atoms with Crippen LogP contribution in [0, 0.1) is 0 Å². The number of rotatable bonds is 2. The van der Waals surface area contributed by atoms with Gasteiger partial charge in [0.05, 0.1) is 5.56 Å². The van der Waals surface area contributed by atoms with Gasteiger partial charge in [-0.05, 0) is 30.3 Å². The van der Waals surface area contributed by atoms with E-state index in [1.165, 1.54) is 0 Å². The van der Waals surface area contributed by atoms with Crippen molar-refractivity contribution in [2.45, 2.75) is 0 Å². The summed E-state index contributed by atoms with van der Waals surface area (Å²) >= 11 is 7.53. The predicted molar refractivity (Wildman–Crippen MR) is 81.2 cm³/mol. The minimum absolute atomic E-state index is 0.111. The van der Waals surface area contributed by atoms with Gasteiger partial charge in [0.1, 0.15) is 0 Å². The van der Waals surface area contributed by atoms with Crippen molar-refractivity contribution >= 4 is 44.6 Å². The number of thiophene rings is 1. The number of para-hydroxylation sites is 1. The lowest BCUT2D eigenvalue weighted by molar-refractivity contribution is 0.102. The molecule has 0 saturated carbocycles. The molecule has 3 rings (SSSR count). The van der Waals surface area contributed by atoms with Crippen LogP contribution in [0.4, 0.5) is 5.69 Å². The lowest BCUT2D eigenvalue weighted by atomic mass is 10.1. The van der Waals surface area contributed by atoms with Crippen LogP contribution in [-0.2, 0) is 0 Å². The Kier molecular flexibility index (Phi) is 3.23. The second-order valence-corrected chi connectivity index (χ2v) is 5.46. The van der Waals surface area contributed by atoms with E-state index in [-0.39, 0.29) is 5.91 Å². The molecule has 0 unspecified atom stereocenters. The van der Waals surface area contributed by atoms with E-state index in [9.17, 15) is 4.79 Å². The lowest BCUT2D eigenvalue weighted by Crippen LogP contribution is -2.10. The standard InChI is InChI=1S/C15H10ClNOS/c16-10-6-7-14-12(8-10)13(9-19-14)15(18)17-11-4-2-1-3-5-11/h1-9H,(H,17,18). The van der Waals surface area contributed by atoms with Gasteiger partial charge in [0.25, 0.3) is 5.91 Å². The van der Waals surface area contributed by atoms with Gasteiger partial charge < -0.3 is 5.32 Å². The molecule has 1 aromatic heterocycles. The van der Waals surface area contributed by atoms with Crippen LogP contribution in [0.5, 0.6) is 0 Å². The molecule has 0 aliphatic carbocycles. The molecule has 2 aromatic carbocycles. The molecule has 1 amide bonds. The molecular formula is C15H10ClNOS. The summed E-state index contributed by atoms with van der Waals surface area (Å²) in [6, 6.07) is 15.0. The van der Waals surface area contributed by atoms with E-state index in [4.69, 9.17) is 11.6 Å². The van der Waals surface area contributed by atoms with Crippen molar-refractivity contribution in [1.82, 2.24) is 0 Å². The highest BCUT2D eigenvalue weighted by atomic mass is 35.5. The number of benzene rings is 2. The summed E-state index contributed by atoms with van der Waals surface area (Å²) in [5.74, 6) is -0.111. The molecule has 94 valence electrons. The van der Waals surface area contributed by atoms with Crippen molar-refractivity contribution in [3.05, 3.63) is 64.5 Å². The van der Waals surface area contributed by atoms with Crippen LogP contribution < -0.4 is 5.32 Å². The number of amides is 1. The highest BCUT2D eigenvalue weighted by Crippen LogP contribution is 2.29. The first kappa shape index (κ1) is 12.2. The first-order chi connectivity index (χ1) is 9.24. The fourth-order valence-corrected chi connectivity index (χ4v) is 2.99. The molecule has 0 aliphatic rings. The van der Waals surface area contributed by atoms with Crippen LogP contribution in [-0.4, -0.2) is 5.91 Å². The maximum atomic E-state index is 12.3. The number of carbonyl (C=O) groups excluding carboxylic acids is 1. The van der Waals surface area contributed by atoms with Crippen molar-refractivity contribution in [2.75, 3.05) is 5.32 Å². The van der Waals surface area contributed by atoms with Crippen molar-refractivity contribution in [1.29, 1.82) is 0 Å². The third-order valence-electron chi connectivity index (χ3n) is 2.81. The minimum atomic E-state index is -0.111. The van der Waals surface area contributed by atoms with Crippen molar-refractivity contribution < 1.29 is 4.79 Å². The van der Waals surface area contributed by atoms with E-state index in [1.807, 2.05) is 53.9 Å². The van der Waals surface area contributed by atoms with Gasteiger partial charge in [-0.15, -0.1) is 11.3 Å². The maximum Gasteiger partial charge on any atom is 0.257 e. The maximum absolute atomic E-state index is 12.3. The molecule has 4 heteroatoms. The molecule has 0 saturated heterocycles. The topological polar surface area (TPSA) is 29.1 Å². The smallest absolute Gasteiger partial charge is 0.257 e. The molecule has 0 aliphatic heterocycles. The predicted octanol–water partition coefficient (Wildman–Crippen LogP) is 4.81. The highest BCUT2D eigenvalue weighted by molar-refractivity contribution is 7.17. The number of fused-ring (bicyclic) bond motifs is 1. The zero-order valence-electron chi connectivity index (χ0n) is 9.89. The van der Waals surface area contributed by atoms with Gasteiger partial charge in [-0.25, -0.2) is 0 Å². The molecule has 2 nitrogen and oxygen atoms in total. The summed E-state index contributed by atoms with van der Waals surface area (Å²) in [4.78, 5) is 12.3. The molecule has 19 heavy (non-hydrogen) atoms. The van der Waals surface area contributed by atoms with Gasteiger partial charge in [0, 0.05) is 26.2 Å². The summed E-state index contributed by atoms with van der Waals surface area (Å²) in [5.41, 5.74) is 1.44. The number of carbonyl (C=O) groups is 1. The molecule has 0 radical (unpaired) electrons. The first-order valence-corrected chi connectivity index (χ1v) is 7.03. The second kappa shape index (κ2) is 5.03. The van der Waals surface area contributed by atoms with Gasteiger partial charge in [0.15, 0.2) is 0 Å². The summed E-state index contributed by atoms with van der Waals surface area (Å²) in [5, 5.41) is 6.27. The molecule has 0 bridgehead atoms. The summed E-state index contributed by atoms with van der Waals surface area (Å²) in [6.45, 7) is 0. The van der Waals surface area contributed by atoms with Gasteiger partial charge in [-0.2, -0.15) is 0 Å². The molecule has 0 atom stereocenters. The Bertz CT molecular complexity index is 736. The molecule has 1 N–H and O–H groups in total. The van der Waals surface area contributed by atoms with E-state index in [0.29, 0.717) is 10.6 Å². The fraction of sp³-hybridized carbons (Fsp3) is 0. The van der Waals surface area contributed by atoms with Crippen LogP contribution in [0.25, 0.3) is 10.1 Å². The van der Waals surface area contributed by atoms with Gasteiger partial charge in [-0.1, -0.05) is 29.8 Å². The Hall–Kier alpha value is -1.84. The summed E-state index contributed by atoms with van der Waals surface area (Å²) in [7, 11) is 0. The van der Waals surface area contributed by atoms with Gasteiger partial charge in [0.2, 0.25) is 0 Å². The third-order valence-corrected chi connectivity index (χ3v) is 4.01.